The average molecular weight is 315 g/mol. The third-order valence-corrected chi connectivity index (χ3v) is 3.15. The lowest BCUT2D eigenvalue weighted by Gasteiger charge is -2.23. The molecule has 0 aromatic rings. The van der Waals surface area contributed by atoms with Crippen molar-refractivity contribution < 1.29 is 14.4 Å². The third kappa shape index (κ3) is 8.58. The van der Waals surface area contributed by atoms with Crippen molar-refractivity contribution in [1.29, 1.82) is 0 Å². The van der Waals surface area contributed by atoms with Crippen molar-refractivity contribution in [2.45, 2.75) is 51.6 Å². The van der Waals surface area contributed by atoms with E-state index >= 15 is 0 Å². The lowest BCUT2D eigenvalue weighted by Crippen LogP contribution is -2.54. The van der Waals surface area contributed by atoms with Gasteiger partial charge in [0.1, 0.15) is 12.1 Å². The number of carbonyl (C=O) groups is 3. The van der Waals surface area contributed by atoms with Crippen LogP contribution in [0.4, 0.5) is 0 Å². The molecule has 0 spiro atoms. The highest BCUT2D eigenvalue weighted by atomic mass is 16.2. The SMILES string of the molecule is CC(C)C[C@H](NC(=O)CN)C(=O)N[C@@H](CCCCN)C(N)=O. The van der Waals surface area contributed by atoms with Gasteiger partial charge < -0.3 is 27.8 Å². The maximum absolute atomic E-state index is 12.3. The molecule has 0 rings (SSSR count). The van der Waals surface area contributed by atoms with Crippen molar-refractivity contribution in [3.63, 3.8) is 0 Å². The first kappa shape index (κ1) is 20.3. The van der Waals surface area contributed by atoms with Crippen LogP contribution >= 0.6 is 0 Å². The minimum Gasteiger partial charge on any atom is -0.368 e. The molecule has 2 atom stereocenters. The van der Waals surface area contributed by atoms with E-state index in [2.05, 4.69) is 10.6 Å². The van der Waals surface area contributed by atoms with Crippen molar-refractivity contribution in [2.24, 2.45) is 23.1 Å². The number of carbonyl (C=O) groups excluding carboxylic acids is 3. The Morgan fingerprint density at radius 2 is 1.64 bits per heavy atom. The molecule has 0 saturated carbocycles. The summed E-state index contributed by atoms with van der Waals surface area (Å²) < 4.78 is 0. The summed E-state index contributed by atoms with van der Waals surface area (Å²) in [6.45, 7) is 4.18. The molecule has 8 N–H and O–H groups in total. The van der Waals surface area contributed by atoms with Gasteiger partial charge in [0.15, 0.2) is 0 Å². The van der Waals surface area contributed by atoms with Gasteiger partial charge in [0.25, 0.3) is 0 Å². The molecular formula is C14H29N5O3. The van der Waals surface area contributed by atoms with Gasteiger partial charge in [-0.3, -0.25) is 14.4 Å². The lowest BCUT2D eigenvalue weighted by molar-refractivity contribution is -0.131. The zero-order valence-corrected chi connectivity index (χ0v) is 13.4. The molecule has 0 aromatic heterocycles. The Hall–Kier alpha value is -1.67. The quantitative estimate of drug-likeness (QED) is 0.296. The summed E-state index contributed by atoms with van der Waals surface area (Å²) >= 11 is 0. The zero-order chi connectivity index (χ0) is 17.1. The second kappa shape index (κ2) is 11.0. The summed E-state index contributed by atoms with van der Waals surface area (Å²) in [6, 6.07) is -1.49. The number of rotatable bonds is 11. The van der Waals surface area contributed by atoms with Gasteiger partial charge in [-0.05, 0) is 38.1 Å². The third-order valence-electron chi connectivity index (χ3n) is 3.15. The number of nitrogens with one attached hydrogen (secondary N) is 2. The summed E-state index contributed by atoms with van der Waals surface area (Å²) in [4.78, 5) is 35.1. The van der Waals surface area contributed by atoms with E-state index in [0.29, 0.717) is 25.8 Å². The Morgan fingerprint density at radius 3 is 2.09 bits per heavy atom. The molecule has 128 valence electrons. The zero-order valence-electron chi connectivity index (χ0n) is 13.4. The molecule has 0 radical (unpaired) electrons. The minimum absolute atomic E-state index is 0.193. The molecule has 0 saturated heterocycles. The topological polar surface area (TPSA) is 153 Å². The van der Waals surface area contributed by atoms with Gasteiger partial charge in [-0.25, -0.2) is 0 Å². The van der Waals surface area contributed by atoms with Crippen LogP contribution in [0.5, 0.6) is 0 Å². The van der Waals surface area contributed by atoms with Crippen molar-refractivity contribution >= 4 is 17.7 Å². The van der Waals surface area contributed by atoms with Crippen LogP contribution in [-0.4, -0.2) is 42.9 Å². The first-order chi connectivity index (χ1) is 10.3. The minimum atomic E-state index is -0.761. The lowest BCUT2D eigenvalue weighted by atomic mass is 10.0. The van der Waals surface area contributed by atoms with Crippen LogP contribution < -0.4 is 27.8 Å². The van der Waals surface area contributed by atoms with E-state index in [1.165, 1.54) is 0 Å². The second-order valence-electron chi connectivity index (χ2n) is 5.70. The number of hydrogen-bond donors (Lipinski definition) is 5. The van der Waals surface area contributed by atoms with Gasteiger partial charge in [-0.2, -0.15) is 0 Å². The Balaban J connectivity index is 4.72. The van der Waals surface area contributed by atoms with Gasteiger partial charge in [0.2, 0.25) is 17.7 Å². The Labute approximate surface area is 131 Å². The van der Waals surface area contributed by atoms with Gasteiger partial charge in [0.05, 0.1) is 6.54 Å². The number of primary amides is 1. The van der Waals surface area contributed by atoms with Gasteiger partial charge in [-0.15, -0.1) is 0 Å². The van der Waals surface area contributed by atoms with Crippen molar-refractivity contribution in [1.82, 2.24) is 10.6 Å². The molecule has 0 unspecified atom stereocenters. The molecular weight excluding hydrogens is 286 g/mol. The van der Waals surface area contributed by atoms with E-state index in [9.17, 15) is 14.4 Å². The molecule has 3 amide bonds. The fraction of sp³-hybridized carbons (Fsp3) is 0.786. The molecule has 0 heterocycles. The van der Waals surface area contributed by atoms with Crippen molar-refractivity contribution in [3.05, 3.63) is 0 Å². The summed E-state index contributed by atoms with van der Waals surface area (Å²) in [5.41, 5.74) is 16.0. The highest BCUT2D eigenvalue weighted by molar-refractivity contribution is 5.91. The molecule has 0 bridgehead atoms. The maximum atomic E-state index is 12.3. The maximum Gasteiger partial charge on any atom is 0.243 e. The Kier molecular flexibility index (Phi) is 10.1. The number of nitrogens with two attached hydrogens (primary N) is 3. The molecule has 0 aliphatic heterocycles. The Morgan fingerprint density at radius 1 is 1.00 bits per heavy atom. The largest absolute Gasteiger partial charge is 0.368 e. The Bertz CT molecular complexity index is 373. The smallest absolute Gasteiger partial charge is 0.243 e. The van der Waals surface area contributed by atoms with E-state index in [4.69, 9.17) is 17.2 Å². The standard InChI is InChI=1S/C14H29N5O3/c1-9(2)7-11(18-12(20)8-16)14(22)19-10(13(17)21)5-3-4-6-15/h9-11H,3-8,15-16H2,1-2H3,(H2,17,21)(H,18,20)(H,19,22)/t10-,11-/m0/s1. The van der Waals surface area contributed by atoms with Crippen molar-refractivity contribution in [3.8, 4) is 0 Å². The number of hydrogen-bond acceptors (Lipinski definition) is 5. The van der Waals surface area contributed by atoms with Gasteiger partial charge in [0, 0.05) is 0 Å². The van der Waals surface area contributed by atoms with Crippen LogP contribution in [0.2, 0.25) is 0 Å². The molecule has 0 fully saturated rings. The fourth-order valence-corrected chi connectivity index (χ4v) is 2.01. The highest BCUT2D eigenvalue weighted by Crippen LogP contribution is 2.07. The normalized spacial score (nSPS) is 13.5. The van der Waals surface area contributed by atoms with Crippen LogP contribution in [0.3, 0.4) is 0 Å². The van der Waals surface area contributed by atoms with E-state index in [1.54, 1.807) is 0 Å². The molecule has 22 heavy (non-hydrogen) atoms. The summed E-state index contributed by atoms with van der Waals surface area (Å²) in [5.74, 6) is -1.25. The predicted molar refractivity (Wildman–Crippen MR) is 84.5 cm³/mol. The van der Waals surface area contributed by atoms with Crippen LogP contribution in [0, 0.1) is 5.92 Å². The summed E-state index contributed by atoms with van der Waals surface area (Å²) in [6.07, 6.45) is 2.32. The summed E-state index contributed by atoms with van der Waals surface area (Å²) in [5, 5.41) is 5.16. The second-order valence-corrected chi connectivity index (χ2v) is 5.70. The van der Waals surface area contributed by atoms with Gasteiger partial charge >= 0.3 is 0 Å². The van der Waals surface area contributed by atoms with Crippen LogP contribution in [0.15, 0.2) is 0 Å². The molecule has 0 aliphatic rings. The first-order valence-corrected chi connectivity index (χ1v) is 7.61. The van der Waals surface area contributed by atoms with E-state index < -0.39 is 29.8 Å². The van der Waals surface area contributed by atoms with Crippen LogP contribution in [0.25, 0.3) is 0 Å². The number of unbranched alkanes of at least 4 members (excludes halogenated alkanes) is 1. The van der Waals surface area contributed by atoms with E-state index in [-0.39, 0.29) is 12.5 Å². The number of amides is 3. The summed E-state index contributed by atoms with van der Waals surface area (Å²) in [7, 11) is 0. The van der Waals surface area contributed by atoms with Crippen LogP contribution in [0.1, 0.15) is 39.5 Å². The van der Waals surface area contributed by atoms with Gasteiger partial charge in [-0.1, -0.05) is 13.8 Å². The highest BCUT2D eigenvalue weighted by Gasteiger charge is 2.25. The molecule has 8 nitrogen and oxygen atoms in total. The van der Waals surface area contributed by atoms with Crippen LogP contribution in [-0.2, 0) is 14.4 Å². The molecule has 0 aliphatic carbocycles. The fourth-order valence-electron chi connectivity index (χ4n) is 2.01. The molecule has 8 heteroatoms. The monoisotopic (exact) mass is 315 g/mol. The van der Waals surface area contributed by atoms with E-state index in [0.717, 1.165) is 6.42 Å². The average Bonchev–Trinajstić information content (AvgIpc) is 2.44. The first-order valence-electron chi connectivity index (χ1n) is 7.61. The predicted octanol–water partition coefficient (Wildman–Crippen LogP) is -1.42. The van der Waals surface area contributed by atoms with E-state index in [1.807, 2.05) is 13.8 Å². The van der Waals surface area contributed by atoms with Crippen molar-refractivity contribution in [2.75, 3.05) is 13.1 Å². The molecule has 0 aromatic carbocycles.